The molecule has 8 rings (SSSR count). The smallest absolute Gasteiger partial charge is 0.313 e. The first kappa shape index (κ1) is 39.3. The quantitative estimate of drug-likeness (QED) is 0.0671. The topological polar surface area (TPSA) is 178 Å². The zero-order valence-corrected chi connectivity index (χ0v) is 31.5. The minimum Gasteiger partial charge on any atom is -0.466 e. The Labute approximate surface area is 321 Å². The lowest BCUT2D eigenvalue weighted by Gasteiger charge is -2.03. The van der Waals surface area contributed by atoms with Crippen molar-refractivity contribution in [3.05, 3.63) is 159 Å². The molecule has 0 saturated carbocycles. The number of aromatic nitrogens is 8. The number of benzene rings is 3. The lowest BCUT2D eigenvalue weighted by atomic mass is 10.1. The highest BCUT2D eigenvalue weighted by Crippen LogP contribution is 2.22. The number of carbonyl (C=O) groups excluding carboxylic acids is 2. The number of nitrogen functional groups attached to an aromatic ring is 1. The Morgan fingerprint density at radius 2 is 1.35 bits per heavy atom. The van der Waals surface area contributed by atoms with Crippen LogP contribution in [0.3, 0.4) is 0 Å². The molecule has 0 bridgehead atoms. The minimum absolute atomic E-state index is 0.0954. The number of halogens is 1. The molecule has 0 aliphatic rings. The number of fused-ring (bicyclic) bond motifs is 2. The van der Waals surface area contributed by atoms with E-state index < -0.39 is 5.97 Å². The van der Waals surface area contributed by atoms with E-state index in [1.165, 1.54) is 10.6 Å². The van der Waals surface area contributed by atoms with E-state index in [0.29, 0.717) is 34.5 Å². The number of nitrogens with two attached hydrogens (primary N) is 1. The highest BCUT2D eigenvalue weighted by Gasteiger charge is 2.12. The van der Waals surface area contributed by atoms with Gasteiger partial charge >= 0.3 is 5.97 Å². The molecule has 4 N–H and O–H groups in total. The van der Waals surface area contributed by atoms with Crippen LogP contribution in [-0.4, -0.2) is 57.8 Å². The maximum Gasteiger partial charge on any atom is 0.313 e. The summed E-state index contributed by atoms with van der Waals surface area (Å²) >= 11 is 6.19. The number of ketones is 1. The standard InChI is InChI=1S/C13H10ClN3.C13H11N3O.C11H12O3.C4H7N3/c1-9-7-13-15-11(8-12(14)17(13)16-9)10-5-3-2-4-6-10;1-9-7-12-14-11(8-13(17)16(12)15-9)10-5-3-2-4-6-10;1-2-14-11(13)8-10(12)9-6-4-3-5-7-9;1-3-2-4(5)7-6-3/h2-8H,1H3;2-8,15H,1H3;3-7H,2,8H2,1H3;2H,1H3,(H3,5,6,7). The van der Waals surface area contributed by atoms with Gasteiger partial charge in [-0.15, -0.1) is 0 Å². The summed E-state index contributed by atoms with van der Waals surface area (Å²) in [7, 11) is 0. The van der Waals surface area contributed by atoms with Crippen molar-refractivity contribution in [3.63, 3.8) is 0 Å². The van der Waals surface area contributed by atoms with Crippen LogP contribution in [0.2, 0.25) is 5.15 Å². The minimum atomic E-state index is -0.471. The number of aryl methyl sites for hydroxylation is 3. The van der Waals surface area contributed by atoms with Crippen molar-refractivity contribution < 1.29 is 14.3 Å². The molecule has 0 aliphatic carbocycles. The van der Waals surface area contributed by atoms with Crippen LogP contribution < -0.4 is 11.3 Å². The first-order valence-corrected chi connectivity index (χ1v) is 17.6. The van der Waals surface area contributed by atoms with E-state index in [9.17, 15) is 14.4 Å². The molecule has 0 saturated heterocycles. The molecule has 13 nitrogen and oxygen atoms in total. The average Bonchev–Trinajstić information content (AvgIpc) is 3.89. The van der Waals surface area contributed by atoms with Crippen LogP contribution in [0.1, 0.15) is 40.8 Å². The number of ether oxygens (including phenoxy) is 1. The molecule has 0 amide bonds. The first-order valence-electron chi connectivity index (χ1n) is 17.2. The molecule has 0 unspecified atom stereocenters. The van der Waals surface area contributed by atoms with E-state index in [1.807, 2.05) is 106 Å². The summed E-state index contributed by atoms with van der Waals surface area (Å²) in [6.07, 6.45) is -0.183. The van der Waals surface area contributed by atoms with Crippen LogP contribution in [0.25, 0.3) is 33.8 Å². The summed E-state index contributed by atoms with van der Waals surface area (Å²) in [5.41, 5.74) is 13.5. The molecule has 0 spiro atoms. The Morgan fingerprint density at radius 3 is 1.89 bits per heavy atom. The Bertz CT molecular complexity index is 2530. The number of H-pyrrole nitrogens is 2. The number of anilines is 1. The summed E-state index contributed by atoms with van der Waals surface area (Å²) in [6, 6.07) is 37.3. The lowest BCUT2D eigenvalue weighted by Crippen LogP contribution is -2.14. The molecule has 5 heterocycles. The molecule has 0 fully saturated rings. The second-order valence-corrected chi connectivity index (χ2v) is 12.5. The molecule has 5 aromatic heterocycles. The summed E-state index contributed by atoms with van der Waals surface area (Å²) in [5.74, 6) is -0.122. The van der Waals surface area contributed by atoms with E-state index >= 15 is 0 Å². The number of hydrogen-bond donors (Lipinski definition) is 3. The number of nitrogens with one attached hydrogen (secondary N) is 2. The summed E-state index contributed by atoms with van der Waals surface area (Å²) < 4.78 is 7.76. The number of Topliss-reactive ketones (excluding diaryl/α,β-unsaturated/α-hetero) is 1. The van der Waals surface area contributed by atoms with Crippen LogP contribution in [0, 0.1) is 20.8 Å². The second-order valence-electron chi connectivity index (χ2n) is 12.1. The molecule has 280 valence electrons. The molecule has 0 aliphatic heterocycles. The monoisotopic (exact) mass is 757 g/mol. The van der Waals surface area contributed by atoms with Gasteiger partial charge in [0.25, 0.3) is 5.56 Å². The zero-order valence-electron chi connectivity index (χ0n) is 30.7. The van der Waals surface area contributed by atoms with Crippen LogP contribution in [0.5, 0.6) is 0 Å². The third kappa shape index (κ3) is 11.1. The molecule has 8 aromatic rings. The van der Waals surface area contributed by atoms with Crippen LogP contribution >= 0.6 is 11.6 Å². The van der Waals surface area contributed by atoms with Crippen molar-refractivity contribution in [1.29, 1.82) is 0 Å². The van der Waals surface area contributed by atoms with Gasteiger partial charge in [0.1, 0.15) is 17.4 Å². The van der Waals surface area contributed by atoms with Gasteiger partial charge in [-0.25, -0.2) is 19.0 Å². The maximum absolute atomic E-state index is 11.9. The number of nitrogens with zero attached hydrogens (tertiary/aromatic N) is 6. The summed E-state index contributed by atoms with van der Waals surface area (Å²) in [5, 5.41) is 14.2. The first-order chi connectivity index (χ1) is 26.5. The van der Waals surface area contributed by atoms with Crippen LogP contribution in [0.15, 0.2) is 126 Å². The maximum atomic E-state index is 11.9. The van der Waals surface area contributed by atoms with Crippen molar-refractivity contribution in [2.24, 2.45) is 0 Å². The zero-order chi connectivity index (χ0) is 39.3. The molecule has 14 heteroatoms. The molecular formula is C41H40ClN9O4. The Morgan fingerprint density at radius 1 is 0.764 bits per heavy atom. The Balaban J connectivity index is 0.000000146. The van der Waals surface area contributed by atoms with Gasteiger partial charge in [0.05, 0.1) is 23.7 Å². The molecule has 0 atom stereocenters. The molecular weight excluding hydrogens is 718 g/mol. The number of aromatic amines is 2. The fourth-order valence-electron chi connectivity index (χ4n) is 5.19. The van der Waals surface area contributed by atoms with Gasteiger partial charge < -0.3 is 10.5 Å². The fourth-order valence-corrected chi connectivity index (χ4v) is 5.41. The third-order valence-electron chi connectivity index (χ3n) is 7.66. The normalized spacial score (nSPS) is 10.3. The average molecular weight is 758 g/mol. The highest BCUT2D eigenvalue weighted by atomic mass is 35.5. The van der Waals surface area contributed by atoms with Crippen molar-refractivity contribution in [3.8, 4) is 22.5 Å². The van der Waals surface area contributed by atoms with Crippen molar-refractivity contribution in [2.75, 3.05) is 12.3 Å². The summed E-state index contributed by atoms with van der Waals surface area (Å²) in [4.78, 5) is 43.3. The van der Waals surface area contributed by atoms with Gasteiger partial charge in [-0.05, 0) is 27.7 Å². The van der Waals surface area contributed by atoms with Gasteiger partial charge in [0, 0.05) is 58.4 Å². The van der Waals surface area contributed by atoms with Crippen molar-refractivity contribution >= 4 is 40.5 Å². The third-order valence-corrected chi connectivity index (χ3v) is 7.92. The second kappa shape index (κ2) is 18.8. The van der Waals surface area contributed by atoms with Gasteiger partial charge in [0.15, 0.2) is 17.1 Å². The lowest BCUT2D eigenvalue weighted by molar-refractivity contribution is -0.141. The van der Waals surface area contributed by atoms with Gasteiger partial charge in [0.2, 0.25) is 0 Å². The molecule has 55 heavy (non-hydrogen) atoms. The molecule has 0 radical (unpaired) electrons. The van der Waals surface area contributed by atoms with E-state index in [-0.39, 0.29) is 17.8 Å². The van der Waals surface area contributed by atoms with E-state index in [4.69, 9.17) is 17.3 Å². The number of rotatable bonds is 6. The van der Waals surface area contributed by atoms with E-state index in [1.54, 1.807) is 41.8 Å². The van der Waals surface area contributed by atoms with Crippen molar-refractivity contribution in [2.45, 2.75) is 34.1 Å². The Hall–Kier alpha value is -6.86. The predicted molar refractivity (Wildman–Crippen MR) is 214 cm³/mol. The van der Waals surface area contributed by atoms with Crippen molar-refractivity contribution in [1.82, 2.24) is 39.4 Å². The Kier molecular flexibility index (Phi) is 13.4. The number of carbonyl (C=O) groups is 2. The van der Waals surface area contributed by atoms with E-state index in [2.05, 4.69) is 35.1 Å². The number of esters is 1. The largest absolute Gasteiger partial charge is 0.466 e. The number of hydrogen-bond acceptors (Lipinski definition) is 9. The summed E-state index contributed by atoms with van der Waals surface area (Å²) in [6.45, 7) is 7.75. The van der Waals surface area contributed by atoms with Crippen LogP contribution in [0.4, 0.5) is 5.82 Å². The highest BCUT2D eigenvalue weighted by molar-refractivity contribution is 6.30. The molecule has 3 aromatic carbocycles. The van der Waals surface area contributed by atoms with Gasteiger partial charge in [-0.3, -0.25) is 24.6 Å². The van der Waals surface area contributed by atoms with Gasteiger partial charge in [-0.1, -0.05) is 103 Å². The predicted octanol–water partition coefficient (Wildman–Crippen LogP) is 7.48. The fraction of sp³-hybridized carbons (Fsp3) is 0.146. The SMILES string of the molecule is CCOC(=O)CC(=O)c1ccccc1.Cc1cc(N)n[nH]1.Cc1cc2nc(-c3ccccc3)cc(=O)n2[nH]1.Cc1cc2nc(-c3ccccc3)cc(Cl)n2n1. The van der Waals surface area contributed by atoms with Crippen LogP contribution in [-0.2, 0) is 9.53 Å². The van der Waals surface area contributed by atoms with Gasteiger partial charge in [-0.2, -0.15) is 10.2 Å². The van der Waals surface area contributed by atoms with E-state index in [0.717, 1.165) is 39.5 Å².